The molecule has 0 heterocycles. The molecular formula is C16H23N5O7. The van der Waals surface area contributed by atoms with Crippen LogP contribution in [0.4, 0.5) is 4.79 Å². The number of amides is 1. The van der Waals surface area contributed by atoms with Gasteiger partial charge in [0.25, 0.3) is 5.09 Å². The third kappa shape index (κ3) is 9.33. The number of carbonyl (C=O) groups excluding carboxylic acids is 1. The van der Waals surface area contributed by atoms with Crippen LogP contribution < -0.4 is 21.1 Å². The van der Waals surface area contributed by atoms with E-state index in [9.17, 15) is 19.7 Å². The van der Waals surface area contributed by atoms with E-state index >= 15 is 0 Å². The third-order valence-corrected chi connectivity index (χ3v) is 3.53. The number of hydrogen-bond donors (Lipinski definition) is 4. The van der Waals surface area contributed by atoms with Gasteiger partial charge in [-0.15, -0.1) is 10.1 Å². The highest BCUT2D eigenvalue weighted by molar-refractivity contribution is 5.93. The fourth-order valence-corrected chi connectivity index (χ4v) is 2.13. The molecule has 1 rings (SSSR count). The number of nitrogens with zero attached hydrogens (tertiary/aromatic N) is 2. The summed E-state index contributed by atoms with van der Waals surface area (Å²) in [4.78, 5) is 40.8. The van der Waals surface area contributed by atoms with E-state index in [1.807, 2.05) is 0 Å². The number of carboxylic acids is 1. The second-order valence-electron chi connectivity index (χ2n) is 5.55. The van der Waals surface area contributed by atoms with Crippen molar-refractivity contribution in [3.63, 3.8) is 0 Å². The smallest absolute Gasteiger partial charge is 0.419 e. The number of aliphatic imine (C=N–C) groups is 1. The maximum atomic E-state index is 11.8. The van der Waals surface area contributed by atoms with Gasteiger partial charge in [0.15, 0.2) is 5.96 Å². The van der Waals surface area contributed by atoms with Crippen LogP contribution in [0.2, 0.25) is 0 Å². The highest BCUT2D eigenvalue weighted by Gasteiger charge is 2.13. The minimum atomic E-state index is -0.947. The first-order valence-corrected chi connectivity index (χ1v) is 8.37. The molecule has 1 amide bonds. The predicted molar refractivity (Wildman–Crippen MR) is 98.5 cm³/mol. The van der Waals surface area contributed by atoms with Crippen molar-refractivity contribution >= 4 is 18.0 Å². The van der Waals surface area contributed by atoms with Gasteiger partial charge in [-0.3, -0.25) is 15.1 Å². The minimum Gasteiger partial charge on any atom is -0.480 e. The molecule has 0 saturated carbocycles. The lowest BCUT2D eigenvalue weighted by Gasteiger charge is -2.10. The number of carbonyl (C=O) groups is 2. The summed E-state index contributed by atoms with van der Waals surface area (Å²) in [5.41, 5.74) is 6.35. The summed E-state index contributed by atoms with van der Waals surface area (Å²) in [6.07, 6.45) is 0.344. The molecule has 0 spiro atoms. The zero-order valence-electron chi connectivity index (χ0n) is 15.3. The van der Waals surface area contributed by atoms with E-state index in [0.29, 0.717) is 19.3 Å². The number of nitrogens with one attached hydrogen (secondary N) is 2. The number of aliphatic carboxylic acids is 1. The first-order chi connectivity index (χ1) is 13.3. The Morgan fingerprint density at radius 3 is 2.61 bits per heavy atom. The van der Waals surface area contributed by atoms with Crippen molar-refractivity contribution in [3.05, 3.63) is 39.9 Å². The lowest BCUT2D eigenvalue weighted by atomic mass is 10.1. The van der Waals surface area contributed by atoms with Crippen molar-refractivity contribution in [1.29, 1.82) is 0 Å². The van der Waals surface area contributed by atoms with Gasteiger partial charge < -0.3 is 25.7 Å². The van der Waals surface area contributed by atoms with Crippen LogP contribution in [0.5, 0.6) is 5.75 Å². The first kappa shape index (κ1) is 22.6. The van der Waals surface area contributed by atoms with E-state index in [1.54, 1.807) is 19.2 Å². The van der Waals surface area contributed by atoms with Crippen LogP contribution in [-0.4, -0.2) is 54.5 Å². The Balaban J connectivity index is 2.36. The molecule has 5 N–H and O–H groups in total. The fraction of sp³-hybridized carbons (Fsp3) is 0.438. The van der Waals surface area contributed by atoms with Gasteiger partial charge in [-0.2, -0.15) is 0 Å². The Hall–Kier alpha value is -3.41. The van der Waals surface area contributed by atoms with Crippen LogP contribution in [0.3, 0.4) is 0 Å². The van der Waals surface area contributed by atoms with Crippen molar-refractivity contribution in [2.24, 2.45) is 10.7 Å². The molecular weight excluding hydrogens is 374 g/mol. The standard InChI is InChI=1S/C16H23N5O7/c1-18-13(14(22)23)3-2-9-19-15(17)20-16(24)28-12-6-4-11(5-7-12)8-10-27-21(25)26/h4-7,13,18H,2-3,8-10H2,1H3,(H,22,23)(H3,17,19,20,24). The Morgan fingerprint density at radius 2 is 2.04 bits per heavy atom. The number of likely N-dealkylation sites (N-methyl/N-ethyl adjacent to an activating group) is 1. The molecule has 0 bridgehead atoms. The highest BCUT2D eigenvalue weighted by Crippen LogP contribution is 2.12. The molecule has 12 nitrogen and oxygen atoms in total. The number of hydrogen-bond acceptors (Lipinski definition) is 8. The summed E-state index contributed by atoms with van der Waals surface area (Å²) in [5, 5.41) is 23.0. The molecule has 1 atom stereocenters. The number of nitrogens with two attached hydrogens (primary N) is 1. The molecule has 28 heavy (non-hydrogen) atoms. The lowest BCUT2D eigenvalue weighted by Crippen LogP contribution is -2.38. The quantitative estimate of drug-likeness (QED) is 0.134. The molecule has 1 unspecified atom stereocenters. The molecule has 12 heteroatoms. The van der Waals surface area contributed by atoms with Crippen molar-refractivity contribution in [3.8, 4) is 5.75 Å². The average molecular weight is 397 g/mol. The highest BCUT2D eigenvalue weighted by atomic mass is 16.9. The van der Waals surface area contributed by atoms with Gasteiger partial charge in [0.2, 0.25) is 0 Å². The SMILES string of the molecule is CNC(CCCN=C(N)NC(=O)Oc1ccc(CCO[N+](=O)[O-])cc1)C(=O)O. The van der Waals surface area contributed by atoms with E-state index in [-0.39, 0.29) is 24.9 Å². The molecule has 0 aromatic heterocycles. The fourth-order valence-electron chi connectivity index (χ4n) is 2.13. The van der Waals surface area contributed by atoms with E-state index in [1.165, 1.54) is 12.1 Å². The zero-order valence-corrected chi connectivity index (χ0v) is 15.3. The molecule has 0 aliphatic rings. The molecule has 154 valence electrons. The van der Waals surface area contributed by atoms with E-state index in [0.717, 1.165) is 5.56 Å². The number of rotatable bonds is 11. The maximum Gasteiger partial charge on any atom is 0.419 e. The van der Waals surface area contributed by atoms with Crippen LogP contribution >= 0.6 is 0 Å². The number of benzene rings is 1. The zero-order chi connectivity index (χ0) is 20.9. The van der Waals surface area contributed by atoms with Crippen molar-refractivity contribution in [1.82, 2.24) is 10.6 Å². The molecule has 0 radical (unpaired) electrons. The second-order valence-corrected chi connectivity index (χ2v) is 5.55. The normalized spacial score (nSPS) is 12.1. The van der Waals surface area contributed by atoms with Crippen molar-refractivity contribution in [2.75, 3.05) is 20.2 Å². The number of guanidine groups is 1. The van der Waals surface area contributed by atoms with Crippen LogP contribution in [0.15, 0.2) is 29.3 Å². The summed E-state index contributed by atoms with van der Waals surface area (Å²) in [6, 6.07) is 5.67. The van der Waals surface area contributed by atoms with E-state index < -0.39 is 23.2 Å². The largest absolute Gasteiger partial charge is 0.480 e. The number of carboxylic acid groups (broad SMARTS) is 1. The van der Waals surface area contributed by atoms with Crippen LogP contribution in [0, 0.1) is 10.1 Å². The average Bonchev–Trinajstić information content (AvgIpc) is 2.62. The number of ether oxygens (including phenoxy) is 1. The van der Waals surface area contributed by atoms with Crippen LogP contribution in [-0.2, 0) is 16.1 Å². The summed E-state index contributed by atoms with van der Waals surface area (Å²) in [6.45, 7) is 0.181. The van der Waals surface area contributed by atoms with E-state index in [2.05, 4.69) is 20.5 Å². The third-order valence-electron chi connectivity index (χ3n) is 3.53. The second kappa shape index (κ2) is 12.1. The molecule has 0 fully saturated rings. The Kier molecular flexibility index (Phi) is 9.75. The van der Waals surface area contributed by atoms with Gasteiger partial charge in [-0.05, 0) is 44.0 Å². The summed E-state index contributed by atoms with van der Waals surface area (Å²) in [5.74, 6) is -0.838. The molecule has 0 aliphatic carbocycles. The topological polar surface area (TPSA) is 178 Å². The van der Waals surface area contributed by atoms with Gasteiger partial charge >= 0.3 is 12.1 Å². The van der Waals surface area contributed by atoms with Gasteiger partial charge in [0.1, 0.15) is 18.4 Å². The molecule has 1 aromatic carbocycles. The molecule has 0 aliphatic heterocycles. The van der Waals surface area contributed by atoms with Crippen LogP contribution in [0.25, 0.3) is 0 Å². The van der Waals surface area contributed by atoms with Gasteiger partial charge in [0, 0.05) is 6.54 Å². The monoisotopic (exact) mass is 397 g/mol. The Morgan fingerprint density at radius 1 is 1.36 bits per heavy atom. The van der Waals surface area contributed by atoms with Crippen molar-refractivity contribution in [2.45, 2.75) is 25.3 Å². The Labute approximate surface area is 160 Å². The maximum absolute atomic E-state index is 11.8. The first-order valence-electron chi connectivity index (χ1n) is 8.37. The van der Waals surface area contributed by atoms with Gasteiger partial charge in [-0.25, -0.2) is 4.79 Å². The summed E-state index contributed by atoms with van der Waals surface area (Å²) < 4.78 is 5.04. The summed E-state index contributed by atoms with van der Waals surface area (Å²) >= 11 is 0. The van der Waals surface area contributed by atoms with E-state index in [4.69, 9.17) is 15.6 Å². The minimum absolute atomic E-state index is 0.0672. The lowest BCUT2D eigenvalue weighted by molar-refractivity contribution is -0.757. The van der Waals surface area contributed by atoms with Crippen molar-refractivity contribution < 1.29 is 29.4 Å². The summed E-state index contributed by atoms with van der Waals surface area (Å²) in [7, 11) is 1.56. The Bertz CT molecular complexity index is 693. The molecule has 0 saturated heterocycles. The molecule has 1 aromatic rings. The van der Waals surface area contributed by atoms with Gasteiger partial charge in [-0.1, -0.05) is 12.1 Å². The van der Waals surface area contributed by atoms with Crippen LogP contribution in [0.1, 0.15) is 18.4 Å². The van der Waals surface area contributed by atoms with Gasteiger partial charge in [0.05, 0.1) is 0 Å². The predicted octanol–water partition coefficient (Wildman–Crippen LogP) is 0.293.